The zero-order valence-corrected chi connectivity index (χ0v) is 19.5. The van der Waals surface area contributed by atoms with Crippen LogP contribution in [0.3, 0.4) is 0 Å². The molecular formula is C25H27N3O4S. The minimum Gasteiger partial charge on any atom is -0.382 e. The van der Waals surface area contributed by atoms with Gasteiger partial charge in [0, 0.05) is 44.0 Å². The average Bonchev–Trinajstić information content (AvgIpc) is 3.27. The fourth-order valence-electron chi connectivity index (χ4n) is 3.89. The summed E-state index contributed by atoms with van der Waals surface area (Å²) in [6, 6.07) is 14.4. The van der Waals surface area contributed by atoms with Gasteiger partial charge in [0.1, 0.15) is 0 Å². The lowest BCUT2D eigenvalue weighted by Crippen LogP contribution is -2.24. The molecule has 1 fully saturated rings. The largest absolute Gasteiger partial charge is 0.382 e. The number of thioether (sulfide) groups is 1. The van der Waals surface area contributed by atoms with Gasteiger partial charge in [-0.3, -0.25) is 19.0 Å². The van der Waals surface area contributed by atoms with Gasteiger partial charge in [0.05, 0.1) is 16.7 Å². The van der Waals surface area contributed by atoms with E-state index in [-0.39, 0.29) is 23.0 Å². The zero-order valence-electron chi connectivity index (χ0n) is 18.7. The first-order chi connectivity index (χ1) is 16.1. The highest BCUT2D eigenvalue weighted by Gasteiger charge is 2.22. The second kappa shape index (κ2) is 10.8. The number of hydrogen-bond donors (Lipinski definition) is 0. The van der Waals surface area contributed by atoms with E-state index in [2.05, 4.69) is 4.98 Å². The van der Waals surface area contributed by atoms with Crippen LogP contribution in [0.4, 0.5) is 5.69 Å². The van der Waals surface area contributed by atoms with Crippen molar-refractivity contribution >= 4 is 40.0 Å². The molecule has 4 rings (SSSR count). The van der Waals surface area contributed by atoms with Crippen LogP contribution in [0, 0.1) is 0 Å². The number of aromatic nitrogens is 2. The molecule has 2 heterocycles. The van der Waals surface area contributed by atoms with Gasteiger partial charge in [-0.15, -0.1) is 0 Å². The molecule has 0 saturated carbocycles. The van der Waals surface area contributed by atoms with Gasteiger partial charge in [0.25, 0.3) is 5.56 Å². The standard InChI is InChI=1S/C25H27N3O4S/c1-2-32-16-6-15-28-24(31)20-7-3-4-8-21(20)26-25(28)33-17-22(29)18-10-12-19(13-11-18)27-14-5-9-23(27)30/h3-4,7-8,10-13H,2,5-6,9,14-17H2,1H3. The summed E-state index contributed by atoms with van der Waals surface area (Å²) in [7, 11) is 0. The van der Waals surface area contributed by atoms with Gasteiger partial charge in [0.2, 0.25) is 5.91 Å². The van der Waals surface area contributed by atoms with Crippen molar-refractivity contribution < 1.29 is 14.3 Å². The quantitative estimate of drug-likeness (QED) is 0.195. The summed E-state index contributed by atoms with van der Waals surface area (Å²) < 4.78 is 7.05. The summed E-state index contributed by atoms with van der Waals surface area (Å²) in [5.41, 5.74) is 1.91. The van der Waals surface area contributed by atoms with E-state index in [1.165, 1.54) is 11.8 Å². The molecule has 1 aliphatic rings. The van der Waals surface area contributed by atoms with E-state index in [0.29, 0.717) is 54.2 Å². The Balaban J connectivity index is 1.50. The maximum atomic E-state index is 13.1. The molecule has 1 aromatic heterocycles. The molecule has 8 heteroatoms. The SMILES string of the molecule is CCOCCCn1c(SCC(=O)c2ccc(N3CCCC3=O)cc2)nc2ccccc2c1=O. The Morgan fingerprint density at radius 2 is 1.91 bits per heavy atom. The summed E-state index contributed by atoms with van der Waals surface area (Å²) >= 11 is 1.27. The molecule has 2 aromatic carbocycles. The number of hydrogen-bond acceptors (Lipinski definition) is 6. The topological polar surface area (TPSA) is 81.5 Å². The number of amides is 1. The van der Waals surface area contributed by atoms with Crippen molar-refractivity contribution in [3.05, 3.63) is 64.4 Å². The maximum Gasteiger partial charge on any atom is 0.262 e. The normalized spacial score (nSPS) is 13.7. The van der Waals surface area contributed by atoms with Gasteiger partial charge < -0.3 is 9.64 Å². The highest BCUT2D eigenvalue weighted by Crippen LogP contribution is 2.23. The molecule has 0 atom stereocenters. The summed E-state index contributed by atoms with van der Waals surface area (Å²) in [5.74, 6) is 0.231. The predicted octanol–water partition coefficient (Wildman–Crippen LogP) is 3.92. The van der Waals surface area contributed by atoms with E-state index in [1.54, 1.807) is 27.7 Å². The first-order valence-electron chi connectivity index (χ1n) is 11.2. The number of ether oxygens (including phenoxy) is 1. The van der Waals surface area contributed by atoms with Crippen LogP contribution >= 0.6 is 11.8 Å². The van der Waals surface area contributed by atoms with E-state index in [4.69, 9.17) is 4.74 Å². The van der Waals surface area contributed by atoms with Gasteiger partial charge in [-0.05, 0) is 56.2 Å². The smallest absolute Gasteiger partial charge is 0.262 e. The Bertz CT molecular complexity index is 1210. The van der Waals surface area contributed by atoms with Gasteiger partial charge in [-0.2, -0.15) is 0 Å². The number of carbonyl (C=O) groups is 2. The van der Waals surface area contributed by atoms with Crippen LogP contribution in [-0.4, -0.2) is 46.8 Å². The highest BCUT2D eigenvalue weighted by atomic mass is 32.2. The monoisotopic (exact) mass is 465 g/mol. The molecule has 33 heavy (non-hydrogen) atoms. The average molecular weight is 466 g/mol. The number of nitrogens with zero attached hydrogens (tertiary/aromatic N) is 3. The Kier molecular flexibility index (Phi) is 7.57. The number of benzene rings is 2. The van der Waals surface area contributed by atoms with Crippen molar-refractivity contribution in [2.45, 2.75) is 37.9 Å². The fraction of sp³-hybridized carbons (Fsp3) is 0.360. The van der Waals surface area contributed by atoms with Crippen LogP contribution in [0.15, 0.2) is 58.5 Å². The second-order valence-corrected chi connectivity index (χ2v) is 8.77. The van der Waals surface area contributed by atoms with Crippen molar-refractivity contribution in [2.75, 3.05) is 30.4 Å². The maximum absolute atomic E-state index is 13.1. The van der Waals surface area contributed by atoms with Crippen LogP contribution < -0.4 is 10.5 Å². The van der Waals surface area contributed by atoms with Crippen LogP contribution in [0.5, 0.6) is 0 Å². The predicted molar refractivity (Wildman–Crippen MR) is 130 cm³/mol. The van der Waals surface area contributed by atoms with Gasteiger partial charge >= 0.3 is 0 Å². The third kappa shape index (κ3) is 5.34. The number of para-hydroxylation sites is 1. The van der Waals surface area contributed by atoms with E-state index in [1.807, 2.05) is 37.3 Å². The first kappa shape index (κ1) is 23.2. The summed E-state index contributed by atoms with van der Waals surface area (Å²) in [6.07, 6.45) is 2.12. The van der Waals surface area contributed by atoms with Gasteiger partial charge in [-0.25, -0.2) is 4.98 Å². The molecule has 0 bridgehead atoms. The summed E-state index contributed by atoms with van der Waals surface area (Å²) in [6.45, 7) is 4.32. The third-order valence-electron chi connectivity index (χ3n) is 5.61. The minimum absolute atomic E-state index is 0.0532. The molecule has 0 spiro atoms. The molecule has 172 valence electrons. The van der Waals surface area contributed by atoms with Crippen molar-refractivity contribution in [1.29, 1.82) is 0 Å². The van der Waals surface area contributed by atoms with Gasteiger partial charge in [-0.1, -0.05) is 23.9 Å². The van der Waals surface area contributed by atoms with Crippen LogP contribution in [0.1, 0.15) is 36.5 Å². The van der Waals surface area contributed by atoms with Crippen molar-refractivity contribution in [2.24, 2.45) is 0 Å². The second-order valence-electron chi connectivity index (χ2n) is 7.83. The molecule has 1 saturated heterocycles. The Morgan fingerprint density at radius 1 is 1.12 bits per heavy atom. The number of Topliss-reactive ketones (excluding diaryl/α,β-unsaturated/α-hetero) is 1. The van der Waals surface area contributed by atoms with Crippen molar-refractivity contribution in [3.8, 4) is 0 Å². The zero-order chi connectivity index (χ0) is 23.2. The number of ketones is 1. The summed E-state index contributed by atoms with van der Waals surface area (Å²) in [4.78, 5) is 44.3. The first-order valence-corrected chi connectivity index (χ1v) is 12.2. The van der Waals surface area contributed by atoms with E-state index in [9.17, 15) is 14.4 Å². The number of rotatable bonds is 10. The molecule has 0 N–H and O–H groups in total. The lowest BCUT2D eigenvalue weighted by Gasteiger charge is -2.16. The molecule has 0 unspecified atom stereocenters. The Labute approximate surface area is 196 Å². The lowest BCUT2D eigenvalue weighted by atomic mass is 10.1. The van der Waals surface area contributed by atoms with Crippen molar-refractivity contribution in [3.63, 3.8) is 0 Å². The summed E-state index contributed by atoms with van der Waals surface area (Å²) in [5, 5.41) is 1.10. The van der Waals surface area contributed by atoms with E-state index < -0.39 is 0 Å². The molecule has 0 radical (unpaired) electrons. The van der Waals surface area contributed by atoms with Crippen LogP contribution in [0.25, 0.3) is 10.9 Å². The number of anilines is 1. The Morgan fingerprint density at radius 3 is 2.64 bits per heavy atom. The lowest BCUT2D eigenvalue weighted by molar-refractivity contribution is -0.117. The third-order valence-corrected chi connectivity index (χ3v) is 6.58. The molecular weight excluding hydrogens is 438 g/mol. The van der Waals surface area contributed by atoms with Crippen LogP contribution in [0.2, 0.25) is 0 Å². The van der Waals surface area contributed by atoms with Crippen LogP contribution in [-0.2, 0) is 16.1 Å². The molecule has 3 aromatic rings. The van der Waals surface area contributed by atoms with E-state index in [0.717, 1.165) is 18.7 Å². The number of carbonyl (C=O) groups excluding carboxylic acids is 2. The fourth-order valence-corrected chi connectivity index (χ4v) is 4.81. The molecule has 1 amide bonds. The van der Waals surface area contributed by atoms with E-state index >= 15 is 0 Å². The minimum atomic E-state index is -0.105. The van der Waals surface area contributed by atoms with Crippen molar-refractivity contribution in [1.82, 2.24) is 9.55 Å². The van der Waals surface area contributed by atoms with Gasteiger partial charge in [0.15, 0.2) is 10.9 Å². The highest BCUT2D eigenvalue weighted by molar-refractivity contribution is 7.99. The molecule has 7 nitrogen and oxygen atoms in total. The number of fused-ring (bicyclic) bond motifs is 1. The molecule has 0 aliphatic carbocycles. The molecule has 1 aliphatic heterocycles. The Hall–Kier alpha value is -2.97.